The van der Waals surface area contributed by atoms with Gasteiger partial charge in [0, 0.05) is 18.2 Å². The zero-order chi connectivity index (χ0) is 23.1. The Bertz CT molecular complexity index is 1120. The molecule has 166 valence electrons. The molecular formula is C23H25N5O3S. The summed E-state index contributed by atoms with van der Waals surface area (Å²) in [6.45, 7) is 1.46. The lowest BCUT2D eigenvalue weighted by Gasteiger charge is -2.05. The number of aliphatic imine (C=N–C) groups is 1. The molecule has 0 aliphatic carbocycles. The minimum atomic E-state index is -0.367. The Morgan fingerprint density at radius 1 is 1.03 bits per heavy atom. The molecule has 2 aromatic carbocycles. The van der Waals surface area contributed by atoms with Crippen LogP contribution in [0.1, 0.15) is 39.0 Å². The van der Waals surface area contributed by atoms with E-state index < -0.39 is 0 Å². The number of hydrogen-bond donors (Lipinski definition) is 3. The molecule has 1 heterocycles. The van der Waals surface area contributed by atoms with E-state index in [2.05, 4.69) is 15.3 Å². The molecule has 8 nitrogen and oxygen atoms in total. The van der Waals surface area contributed by atoms with Crippen LogP contribution in [0.5, 0.6) is 0 Å². The lowest BCUT2D eigenvalue weighted by Crippen LogP contribution is -2.21. The van der Waals surface area contributed by atoms with Gasteiger partial charge in [0.25, 0.3) is 0 Å². The number of amides is 1. The van der Waals surface area contributed by atoms with Crippen molar-refractivity contribution in [2.45, 2.75) is 26.2 Å². The molecule has 0 radical (unpaired) electrons. The van der Waals surface area contributed by atoms with E-state index in [4.69, 9.17) is 16.2 Å². The first kappa shape index (κ1) is 23.0. The van der Waals surface area contributed by atoms with Crippen molar-refractivity contribution >= 4 is 40.0 Å². The van der Waals surface area contributed by atoms with Crippen molar-refractivity contribution in [1.82, 2.24) is 4.98 Å². The molecule has 3 aromatic rings. The Kier molecular flexibility index (Phi) is 7.56. The largest absolute Gasteiger partial charge is 0.465 e. The molecule has 1 aromatic heterocycles. The lowest BCUT2D eigenvalue weighted by atomic mass is 10.0. The number of rotatable bonds is 8. The summed E-state index contributed by atoms with van der Waals surface area (Å²) in [7, 11) is 1.36. The van der Waals surface area contributed by atoms with Crippen LogP contribution in [-0.4, -0.2) is 29.9 Å². The summed E-state index contributed by atoms with van der Waals surface area (Å²) in [4.78, 5) is 32.9. The van der Waals surface area contributed by atoms with Crippen LogP contribution >= 0.6 is 11.3 Å². The number of aryl methyl sites for hydroxylation is 2. The first-order chi connectivity index (χ1) is 15.3. The number of aromatic nitrogens is 1. The van der Waals surface area contributed by atoms with Crippen molar-refractivity contribution < 1.29 is 14.3 Å². The summed E-state index contributed by atoms with van der Waals surface area (Å²) < 4.78 is 4.75. The molecule has 0 unspecified atom stereocenters. The van der Waals surface area contributed by atoms with E-state index in [9.17, 15) is 9.59 Å². The summed E-state index contributed by atoms with van der Waals surface area (Å²) in [6, 6.07) is 15.0. The SMILES string of the molecule is COC(=O)c1ccc(Cc2sc(NC(C)=O)nc2CCc2ccc(N=C(N)N)cc2)cc1. The van der Waals surface area contributed by atoms with Crippen LogP contribution in [-0.2, 0) is 28.8 Å². The molecule has 0 bridgehead atoms. The fraction of sp³-hybridized carbons (Fsp3) is 0.217. The number of carbonyl (C=O) groups is 2. The highest BCUT2D eigenvalue weighted by Gasteiger charge is 2.14. The number of anilines is 1. The Morgan fingerprint density at radius 3 is 2.28 bits per heavy atom. The van der Waals surface area contributed by atoms with E-state index >= 15 is 0 Å². The maximum absolute atomic E-state index is 11.6. The third-order valence-corrected chi connectivity index (χ3v) is 5.66. The maximum atomic E-state index is 11.6. The molecule has 0 saturated carbocycles. The summed E-state index contributed by atoms with van der Waals surface area (Å²) in [5, 5.41) is 3.36. The number of thiazole rings is 1. The second-order valence-corrected chi connectivity index (χ2v) is 8.22. The van der Waals surface area contributed by atoms with Gasteiger partial charge in [-0.2, -0.15) is 0 Å². The van der Waals surface area contributed by atoms with Gasteiger partial charge in [-0.1, -0.05) is 24.3 Å². The van der Waals surface area contributed by atoms with Gasteiger partial charge in [-0.15, -0.1) is 11.3 Å². The number of nitrogens with two attached hydrogens (primary N) is 2. The number of carbonyl (C=O) groups excluding carboxylic acids is 2. The monoisotopic (exact) mass is 451 g/mol. The average molecular weight is 452 g/mol. The van der Waals surface area contributed by atoms with Crippen LogP contribution in [0, 0.1) is 0 Å². The smallest absolute Gasteiger partial charge is 0.337 e. The Labute approximate surface area is 190 Å². The van der Waals surface area contributed by atoms with Crippen LogP contribution < -0.4 is 16.8 Å². The number of hydrogen-bond acceptors (Lipinski definition) is 6. The van der Waals surface area contributed by atoms with Crippen molar-refractivity contribution in [3.8, 4) is 0 Å². The molecule has 5 N–H and O–H groups in total. The van der Waals surface area contributed by atoms with Gasteiger partial charge in [0.15, 0.2) is 11.1 Å². The molecule has 0 atom stereocenters. The van der Waals surface area contributed by atoms with Gasteiger partial charge in [-0.05, 0) is 48.2 Å². The highest BCUT2D eigenvalue weighted by molar-refractivity contribution is 7.15. The molecule has 32 heavy (non-hydrogen) atoms. The van der Waals surface area contributed by atoms with Crippen LogP contribution in [0.15, 0.2) is 53.5 Å². The minimum absolute atomic E-state index is 0.0231. The Morgan fingerprint density at radius 2 is 1.69 bits per heavy atom. The standard InChI is InChI=1S/C23H25N5O3S/c1-14(29)26-23-28-19(12-7-15-5-10-18(11-6-15)27-22(24)25)20(32-23)13-16-3-8-17(9-4-16)21(30)31-2/h3-6,8-11H,7,12-13H2,1-2H3,(H4,24,25,27)(H,26,28,29). The zero-order valence-electron chi connectivity index (χ0n) is 17.9. The van der Waals surface area contributed by atoms with Gasteiger partial charge in [0.2, 0.25) is 5.91 Å². The molecule has 9 heteroatoms. The molecule has 1 amide bonds. The number of ether oxygens (including phenoxy) is 1. The van der Waals surface area contributed by atoms with Crippen molar-refractivity contribution in [3.05, 3.63) is 75.8 Å². The third kappa shape index (κ3) is 6.39. The minimum Gasteiger partial charge on any atom is -0.465 e. The molecule has 0 spiro atoms. The van der Waals surface area contributed by atoms with Crippen molar-refractivity contribution in [3.63, 3.8) is 0 Å². The van der Waals surface area contributed by atoms with E-state index in [-0.39, 0.29) is 17.8 Å². The van der Waals surface area contributed by atoms with E-state index in [0.717, 1.165) is 28.1 Å². The van der Waals surface area contributed by atoms with Crippen molar-refractivity contribution in [1.29, 1.82) is 0 Å². The fourth-order valence-corrected chi connectivity index (χ4v) is 4.22. The zero-order valence-corrected chi connectivity index (χ0v) is 18.7. The topological polar surface area (TPSA) is 133 Å². The highest BCUT2D eigenvalue weighted by atomic mass is 32.1. The second kappa shape index (κ2) is 10.5. The Balaban J connectivity index is 1.76. The van der Waals surface area contributed by atoms with Crippen LogP contribution in [0.3, 0.4) is 0 Å². The van der Waals surface area contributed by atoms with Crippen LogP contribution in [0.4, 0.5) is 10.8 Å². The predicted molar refractivity (Wildman–Crippen MR) is 126 cm³/mol. The Hall–Kier alpha value is -3.72. The van der Waals surface area contributed by atoms with E-state index in [1.807, 2.05) is 36.4 Å². The number of methoxy groups -OCH3 is 1. The van der Waals surface area contributed by atoms with E-state index in [0.29, 0.717) is 29.2 Å². The lowest BCUT2D eigenvalue weighted by molar-refractivity contribution is -0.114. The summed E-state index contributed by atoms with van der Waals surface area (Å²) in [5.41, 5.74) is 15.1. The van der Waals surface area contributed by atoms with Gasteiger partial charge in [0.1, 0.15) is 0 Å². The molecule has 0 aliphatic rings. The molecule has 0 fully saturated rings. The quantitative estimate of drug-likeness (QED) is 0.274. The summed E-state index contributed by atoms with van der Waals surface area (Å²) in [6.07, 6.45) is 2.14. The first-order valence-electron chi connectivity index (χ1n) is 9.96. The number of guanidine groups is 1. The average Bonchev–Trinajstić information content (AvgIpc) is 3.13. The number of nitrogens with one attached hydrogen (secondary N) is 1. The fourth-order valence-electron chi connectivity index (χ4n) is 3.13. The predicted octanol–water partition coefficient (Wildman–Crippen LogP) is 3.17. The van der Waals surface area contributed by atoms with Crippen molar-refractivity contribution in [2.75, 3.05) is 12.4 Å². The second-order valence-electron chi connectivity index (χ2n) is 7.14. The van der Waals surface area contributed by atoms with Crippen molar-refractivity contribution in [2.24, 2.45) is 16.5 Å². The highest BCUT2D eigenvalue weighted by Crippen LogP contribution is 2.27. The molecule has 3 rings (SSSR count). The molecular weight excluding hydrogens is 426 g/mol. The maximum Gasteiger partial charge on any atom is 0.337 e. The van der Waals surface area contributed by atoms with Crippen LogP contribution in [0.2, 0.25) is 0 Å². The van der Waals surface area contributed by atoms with Gasteiger partial charge < -0.3 is 21.5 Å². The first-order valence-corrected chi connectivity index (χ1v) is 10.8. The number of nitrogens with zero attached hydrogens (tertiary/aromatic N) is 2. The van der Waals surface area contributed by atoms with Gasteiger partial charge in [-0.3, -0.25) is 4.79 Å². The van der Waals surface area contributed by atoms with E-state index in [1.54, 1.807) is 12.1 Å². The summed E-state index contributed by atoms with van der Waals surface area (Å²) in [5.74, 6) is -0.501. The number of benzene rings is 2. The van der Waals surface area contributed by atoms with Crippen LogP contribution in [0.25, 0.3) is 0 Å². The summed E-state index contributed by atoms with van der Waals surface area (Å²) >= 11 is 1.46. The molecule has 0 saturated heterocycles. The van der Waals surface area contributed by atoms with E-state index in [1.165, 1.54) is 25.4 Å². The normalized spacial score (nSPS) is 10.4. The van der Waals surface area contributed by atoms with Gasteiger partial charge in [0.05, 0.1) is 24.1 Å². The molecule has 0 aliphatic heterocycles. The van der Waals surface area contributed by atoms with Gasteiger partial charge in [-0.25, -0.2) is 14.8 Å². The third-order valence-electron chi connectivity index (χ3n) is 4.65. The number of esters is 1. The van der Waals surface area contributed by atoms with Gasteiger partial charge >= 0.3 is 5.97 Å².